The first kappa shape index (κ1) is 21.8. The van der Waals surface area contributed by atoms with Crippen molar-refractivity contribution in [2.75, 3.05) is 38.0 Å². The Hall–Kier alpha value is -3.93. The van der Waals surface area contributed by atoms with Gasteiger partial charge >= 0.3 is 5.97 Å². The lowest BCUT2D eigenvalue weighted by Gasteiger charge is -2.12. The lowest BCUT2D eigenvalue weighted by Crippen LogP contribution is -2.08. The molecule has 6 heteroatoms. The number of anilines is 2. The minimum atomic E-state index is -1.000. The van der Waals surface area contributed by atoms with E-state index in [4.69, 9.17) is 0 Å². The lowest BCUT2D eigenvalue weighted by atomic mass is 10.1. The van der Waals surface area contributed by atoms with E-state index in [1.807, 2.05) is 86.5 Å². The van der Waals surface area contributed by atoms with Gasteiger partial charge in [0.15, 0.2) is 0 Å². The number of rotatable bonds is 7. The predicted molar refractivity (Wildman–Crippen MR) is 129 cm³/mol. The molecular formula is C25H26N4O2. The van der Waals surface area contributed by atoms with Gasteiger partial charge < -0.3 is 14.9 Å². The number of aromatic carboxylic acids is 1. The van der Waals surface area contributed by atoms with Crippen molar-refractivity contribution in [1.29, 1.82) is 0 Å². The topological polar surface area (TPSA) is 68.5 Å². The molecule has 3 aromatic rings. The second-order valence-corrected chi connectivity index (χ2v) is 7.50. The highest BCUT2D eigenvalue weighted by atomic mass is 16.4. The number of aliphatic imine (C=N–C) groups is 2. The van der Waals surface area contributed by atoms with Gasteiger partial charge in [-0.2, -0.15) is 0 Å². The molecule has 3 rings (SSSR count). The van der Waals surface area contributed by atoms with Crippen LogP contribution in [0.15, 0.2) is 76.7 Å². The number of benzene rings is 3. The molecule has 0 radical (unpaired) electrons. The highest BCUT2D eigenvalue weighted by molar-refractivity contribution is 5.93. The van der Waals surface area contributed by atoms with Crippen LogP contribution in [-0.2, 0) is 0 Å². The first-order valence-electron chi connectivity index (χ1n) is 9.84. The van der Waals surface area contributed by atoms with Gasteiger partial charge in [0.05, 0.1) is 16.9 Å². The average Bonchev–Trinajstić information content (AvgIpc) is 2.76. The van der Waals surface area contributed by atoms with E-state index in [1.165, 1.54) is 12.1 Å². The summed E-state index contributed by atoms with van der Waals surface area (Å²) in [6.45, 7) is 0. The minimum Gasteiger partial charge on any atom is -0.478 e. The van der Waals surface area contributed by atoms with E-state index in [-0.39, 0.29) is 5.56 Å². The number of hydrogen-bond acceptors (Lipinski definition) is 5. The number of nitrogens with zero attached hydrogens (tertiary/aromatic N) is 4. The van der Waals surface area contributed by atoms with Crippen LogP contribution in [0.1, 0.15) is 21.5 Å². The maximum absolute atomic E-state index is 11.4. The summed E-state index contributed by atoms with van der Waals surface area (Å²) in [5.41, 5.74) is 5.26. The maximum atomic E-state index is 11.4. The van der Waals surface area contributed by atoms with Gasteiger partial charge in [0.25, 0.3) is 0 Å². The molecule has 1 N–H and O–H groups in total. The lowest BCUT2D eigenvalue weighted by molar-refractivity contribution is 0.0697. The maximum Gasteiger partial charge on any atom is 0.335 e. The van der Waals surface area contributed by atoms with Gasteiger partial charge in [-0.25, -0.2) is 4.79 Å². The van der Waals surface area contributed by atoms with E-state index in [0.29, 0.717) is 11.4 Å². The number of carboxylic acids is 1. The molecule has 6 nitrogen and oxygen atoms in total. The van der Waals surface area contributed by atoms with Crippen molar-refractivity contribution in [3.63, 3.8) is 0 Å². The first-order chi connectivity index (χ1) is 14.8. The Balaban J connectivity index is 1.95. The zero-order valence-corrected chi connectivity index (χ0v) is 18.1. The highest BCUT2D eigenvalue weighted by Crippen LogP contribution is 2.29. The van der Waals surface area contributed by atoms with Crippen LogP contribution in [0.4, 0.5) is 22.7 Å². The Labute approximate surface area is 182 Å². The molecule has 0 heterocycles. The van der Waals surface area contributed by atoms with E-state index in [2.05, 4.69) is 9.98 Å². The summed E-state index contributed by atoms with van der Waals surface area (Å²) >= 11 is 0. The summed E-state index contributed by atoms with van der Waals surface area (Å²) in [7, 11) is 7.92. The van der Waals surface area contributed by atoms with Crippen LogP contribution < -0.4 is 9.80 Å². The van der Waals surface area contributed by atoms with Crippen LogP contribution in [0.3, 0.4) is 0 Å². The Morgan fingerprint density at radius 3 is 1.74 bits per heavy atom. The van der Waals surface area contributed by atoms with E-state index < -0.39 is 5.97 Å². The Morgan fingerprint density at radius 2 is 1.26 bits per heavy atom. The predicted octanol–water partition coefficient (Wildman–Crippen LogP) is 5.02. The van der Waals surface area contributed by atoms with Crippen LogP contribution in [0.5, 0.6) is 0 Å². The average molecular weight is 415 g/mol. The zero-order chi connectivity index (χ0) is 22.4. The third-order valence-corrected chi connectivity index (χ3v) is 4.70. The first-order valence-corrected chi connectivity index (χ1v) is 9.84. The van der Waals surface area contributed by atoms with E-state index >= 15 is 0 Å². The quantitative estimate of drug-likeness (QED) is 0.551. The van der Waals surface area contributed by atoms with E-state index in [1.54, 1.807) is 18.5 Å². The molecule has 0 aliphatic rings. The molecule has 0 spiro atoms. The molecule has 3 aromatic carbocycles. The van der Waals surface area contributed by atoms with Gasteiger partial charge in [0.1, 0.15) is 0 Å². The van der Waals surface area contributed by atoms with Crippen LogP contribution in [0.2, 0.25) is 0 Å². The molecule has 0 aromatic heterocycles. The molecule has 0 unspecified atom stereocenters. The van der Waals surface area contributed by atoms with Crippen LogP contribution in [0.25, 0.3) is 0 Å². The van der Waals surface area contributed by atoms with Crippen molar-refractivity contribution >= 4 is 41.1 Å². The van der Waals surface area contributed by atoms with Crippen molar-refractivity contribution in [3.05, 3.63) is 83.4 Å². The highest BCUT2D eigenvalue weighted by Gasteiger charge is 2.07. The minimum absolute atomic E-state index is 0.169. The van der Waals surface area contributed by atoms with Crippen LogP contribution in [0, 0.1) is 0 Å². The van der Waals surface area contributed by atoms with E-state index in [0.717, 1.165) is 22.5 Å². The molecule has 0 fully saturated rings. The second kappa shape index (κ2) is 9.71. The molecule has 0 aliphatic carbocycles. The van der Waals surface area contributed by atoms with Gasteiger partial charge in [-0.15, -0.1) is 0 Å². The molecule has 0 saturated carbocycles. The zero-order valence-electron chi connectivity index (χ0n) is 18.1. The smallest absolute Gasteiger partial charge is 0.335 e. The Morgan fingerprint density at radius 1 is 0.742 bits per heavy atom. The monoisotopic (exact) mass is 414 g/mol. The van der Waals surface area contributed by atoms with Crippen molar-refractivity contribution in [3.8, 4) is 0 Å². The molecule has 31 heavy (non-hydrogen) atoms. The molecule has 0 saturated heterocycles. The summed E-state index contributed by atoms with van der Waals surface area (Å²) in [4.78, 5) is 24.6. The third kappa shape index (κ3) is 5.79. The number of hydrogen-bond donors (Lipinski definition) is 1. The van der Waals surface area contributed by atoms with Crippen molar-refractivity contribution in [1.82, 2.24) is 0 Å². The normalized spacial score (nSPS) is 11.2. The van der Waals surface area contributed by atoms with E-state index in [9.17, 15) is 9.90 Å². The second-order valence-electron chi connectivity index (χ2n) is 7.50. The molecule has 0 bridgehead atoms. The van der Waals surface area contributed by atoms with Crippen molar-refractivity contribution in [2.45, 2.75) is 0 Å². The summed E-state index contributed by atoms with van der Waals surface area (Å²) in [5.74, 6) is -1.000. The van der Waals surface area contributed by atoms with Crippen LogP contribution >= 0.6 is 0 Å². The summed E-state index contributed by atoms with van der Waals surface area (Å²) < 4.78 is 0. The van der Waals surface area contributed by atoms with Crippen LogP contribution in [-0.4, -0.2) is 51.7 Å². The third-order valence-electron chi connectivity index (χ3n) is 4.70. The van der Waals surface area contributed by atoms with Crippen molar-refractivity contribution in [2.24, 2.45) is 9.98 Å². The SMILES string of the molecule is CN(C)c1cccc(/C=N/c2ccc(C(=O)O)cc2/N=C/c2cccc(N(C)C)c2)c1. The van der Waals surface area contributed by atoms with Crippen molar-refractivity contribution < 1.29 is 9.90 Å². The van der Waals surface area contributed by atoms with Gasteiger partial charge in [-0.05, 0) is 53.6 Å². The van der Waals surface area contributed by atoms with Gasteiger partial charge in [0, 0.05) is 52.0 Å². The fourth-order valence-electron chi connectivity index (χ4n) is 2.92. The largest absolute Gasteiger partial charge is 0.478 e. The molecule has 0 amide bonds. The molecular weight excluding hydrogens is 388 g/mol. The summed E-state index contributed by atoms with van der Waals surface area (Å²) in [6.07, 6.45) is 3.48. The fourth-order valence-corrected chi connectivity index (χ4v) is 2.92. The van der Waals surface area contributed by atoms with Gasteiger partial charge in [-0.1, -0.05) is 24.3 Å². The number of carboxylic acid groups (broad SMARTS) is 1. The van der Waals surface area contributed by atoms with Gasteiger partial charge in [-0.3, -0.25) is 9.98 Å². The summed E-state index contributed by atoms with van der Waals surface area (Å²) in [6, 6.07) is 20.7. The molecule has 158 valence electrons. The Kier molecular flexibility index (Phi) is 6.82. The summed E-state index contributed by atoms with van der Waals surface area (Å²) in [5, 5.41) is 9.37. The number of carbonyl (C=O) groups is 1. The van der Waals surface area contributed by atoms with Gasteiger partial charge in [0.2, 0.25) is 0 Å². The fraction of sp³-hybridized carbons (Fsp3) is 0.160. The molecule has 0 atom stereocenters. The Bertz CT molecular complexity index is 1130. The standard InChI is InChI=1S/C25H26N4O2/c1-28(2)21-9-5-7-18(13-21)16-26-23-12-11-20(25(30)31)15-24(23)27-17-19-8-6-10-22(14-19)29(3)4/h5-17H,1-4H3,(H,30,31)/b26-16+,27-17+. The molecule has 0 aliphatic heterocycles.